The first-order valence-corrected chi connectivity index (χ1v) is 5.37. The molecule has 0 heterocycles. The van der Waals surface area contributed by atoms with E-state index in [1.807, 2.05) is 0 Å². The van der Waals surface area contributed by atoms with Gasteiger partial charge in [-0.25, -0.2) is 8.42 Å². The van der Waals surface area contributed by atoms with Gasteiger partial charge in [0.05, 0.1) is 4.90 Å². The van der Waals surface area contributed by atoms with E-state index in [2.05, 4.69) is 0 Å². The molecule has 0 bridgehead atoms. The summed E-state index contributed by atoms with van der Waals surface area (Å²) in [6.07, 6.45) is 1.18. The molecule has 0 radical (unpaired) electrons. The van der Waals surface area contributed by atoms with Gasteiger partial charge in [0.2, 0.25) is 0 Å². The molecule has 3 nitrogen and oxygen atoms in total. The van der Waals surface area contributed by atoms with E-state index >= 15 is 0 Å². The van der Waals surface area contributed by atoms with Gasteiger partial charge in [-0.1, -0.05) is 6.07 Å². The molecular formula is C8H12ClNO2S. The molecule has 0 saturated carbocycles. The molecule has 2 N–H and O–H groups in total. The molecule has 74 valence electrons. The van der Waals surface area contributed by atoms with Crippen LogP contribution in [0.1, 0.15) is 5.56 Å². The Morgan fingerprint density at radius 3 is 2.23 bits per heavy atom. The Balaban J connectivity index is 0.00000144. The molecule has 0 aromatic heterocycles. The lowest BCUT2D eigenvalue weighted by Gasteiger charge is -2.04. The predicted molar refractivity (Wildman–Crippen MR) is 55.9 cm³/mol. The lowest BCUT2D eigenvalue weighted by atomic mass is 10.2. The summed E-state index contributed by atoms with van der Waals surface area (Å²) in [5.74, 6) is 0. The number of rotatable bonds is 1. The van der Waals surface area contributed by atoms with Crippen LogP contribution in [0.2, 0.25) is 0 Å². The second-order valence-corrected chi connectivity index (χ2v) is 4.73. The van der Waals surface area contributed by atoms with Crippen LogP contribution in [-0.4, -0.2) is 14.7 Å². The molecule has 5 heteroatoms. The highest BCUT2D eigenvalue weighted by atomic mass is 35.5. The van der Waals surface area contributed by atoms with Crippen LogP contribution < -0.4 is 5.73 Å². The highest BCUT2D eigenvalue weighted by Gasteiger charge is 2.10. The SMILES string of the molecule is Cc1c(N)cccc1S(C)(=O)=O.Cl. The molecule has 0 atom stereocenters. The van der Waals surface area contributed by atoms with Gasteiger partial charge in [-0.05, 0) is 24.6 Å². The number of nitrogens with two attached hydrogens (primary N) is 1. The quantitative estimate of drug-likeness (QED) is 0.730. The third-order valence-corrected chi connectivity index (χ3v) is 2.97. The van der Waals surface area contributed by atoms with Crippen LogP contribution in [0.3, 0.4) is 0 Å². The molecule has 0 unspecified atom stereocenters. The first-order chi connectivity index (χ1) is 5.43. The minimum atomic E-state index is -3.14. The van der Waals surface area contributed by atoms with Crippen LogP contribution in [-0.2, 0) is 9.84 Å². The minimum absolute atomic E-state index is 0. The summed E-state index contributed by atoms with van der Waals surface area (Å²) in [6, 6.07) is 4.88. The summed E-state index contributed by atoms with van der Waals surface area (Å²) in [7, 11) is -3.14. The molecule has 0 aliphatic rings. The molecular weight excluding hydrogens is 210 g/mol. The number of sulfone groups is 1. The van der Waals surface area contributed by atoms with E-state index in [4.69, 9.17) is 5.73 Å². The second-order valence-electron chi connectivity index (χ2n) is 2.74. The number of anilines is 1. The molecule has 0 spiro atoms. The van der Waals surface area contributed by atoms with Gasteiger partial charge in [0.15, 0.2) is 9.84 Å². The molecule has 0 amide bonds. The fraction of sp³-hybridized carbons (Fsp3) is 0.250. The van der Waals surface area contributed by atoms with Crippen LogP contribution in [0.15, 0.2) is 23.1 Å². The first kappa shape index (κ1) is 12.3. The van der Waals surface area contributed by atoms with Crippen LogP contribution >= 0.6 is 12.4 Å². The topological polar surface area (TPSA) is 60.2 Å². The Hall–Kier alpha value is -0.740. The summed E-state index contributed by atoms with van der Waals surface area (Å²) >= 11 is 0. The average molecular weight is 222 g/mol. The Bertz CT molecular complexity index is 401. The number of nitrogen functional groups attached to an aromatic ring is 1. The molecule has 1 aromatic carbocycles. The fourth-order valence-corrected chi connectivity index (χ4v) is 2.03. The van der Waals surface area contributed by atoms with Crippen molar-refractivity contribution in [2.75, 3.05) is 12.0 Å². The fourth-order valence-electron chi connectivity index (χ4n) is 1.03. The predicted octanol–water partition coefficient (Wildman–Crippen LogP) is 1.40. The van der Waals surface area contributed by atoms with Crippen LogP contribution in [0.5, 0.6) is 0 Å². The zero-order valence-electron chi connectivity index (χ0n) is 7.44. The van der Waals surface area contributed by atoms with E-state index in [0.29, 0.717) is 16.1 Å². The van der Waals surface area contributed by atoms with Crippen molar-refractivity contribution in [1.82, 2.24) is 0 Å². The van der Waals surface area contributed by atoms with Gasteiger partial charge in [-0.3, -0.25) is 0 Å². The average Bonchev–Trinajstić information content (AvgIpc) is 1.92. The first-order valence-electron chi connectivity index (χ1n) is 3.48. The smallest absolute Gasteiger partial charge is 0.175 e. The Kier molecular flexibility index (Phi) is 3.75. The highest BCUT2D eigenvalue weighted by molar-refractivity contribution is 7.90. The molecule has 1 rings (SSSR count). The van der Waals surface area contributed by atoms with E-state index in [1.54, 1.807) is 25.1 Å². The monoisotopic (exact) mass is 221 g/mol. The van der Waals surface area contributed by atoms with Gasteiger partial charge >= 0.3 is 0 Å². The van der Waals surface area contributed by atoms with E-state index < -0.39 is 9.84 Å². The van der Waals surface area contributed by atoms with Crippen molar-refractivity contribution in [2.24, 2.45) is 0 Å². The van der Waals surface area contributed by atoms with E-state index in [-0.39, 0.29) is 12.4 Å². The summed E-state index contributed by atoms with van der Waals surface area (Å²) in [6.45, 7) is 1.70. The number of benzene rings is 1. The Morgan fingerprint density at radius 1 is 1.31 bits per heavy atom. The maximum absolute atomic E-state index is 11.2. The molecule has 0 saturated heterocycles. The third kappa shape index (κ3) is 2.60. The van der Waals surface area contributed by atoms with Crippen molar-refractivity contribution in [1.29, 1.82) is 0 Å². The zero-order chi connectivity index (χ0) is 9.35. The molecule has 1 aromatic rings. The van der Waals surface area contributed by atoms with Crippen molar-refractivity contribution >= 4 is 27.9 Å². The van der Waals surface area contributed by atoms with Crippen molar-refractivity contribution in [2.45, 2.75) is 11.8 Å². The van der Waals surface area contributed by atoms with Crippen molar-refractivity contribution in [3.8, 4) is 0 Å². The molecule has 13 heavy (non-hydrogen) atoms. The van der Waals surface area contributed by atoms with E-state index in [9.17, 15) is 8.42 Å². The highest BCUT2D eigenvalue weighted by Crippen LogP contribution is 2.19. The standard InChI is InChI=1S/C8H11NO2S.ClH/c1-6-7(9)4-3-5-8(6)12(2,10)11;/h3-5H,9H2,1-2H3;1H. The number of hydrogen-bond donors (Lipinski definition) is 1. The second kappa shape index (κ2) is 3.98. The van der Waals surface area contributed by atoms with Crippen molar-refractivity contribution in [3.05, 3.63) is 23.8 Å². The van der Waals surface area contributed by atoms with Crippen molar-refractivity contribution < 1.29 is 8.42 Å². The van der Waals surface area contributed by atoms with Gasteiger partial charge in [0.25, 0.3) is 0 Å². The van der Waals surface area contributed by atoms with Gasteiger partial charge in [0, 0.05) is 11.9 Å². The van der Waals surface area contributed by atoms with Gasteiger partial charge in [0.1, 0.15) is 0 Å². The Labute approximate surface area is 84.3 Å². The van der Waals surface area contributed by atoms with Gasteiger partial charge < -0.3 is 5.73 Å². The molecule has 0 aliphatic heterocycles. The minimum Gasteiger partial charge on any atom is -0.398 e. The third-order valence-electron chi connectivity index (χ3n) is 1.73. The van der Waals surface area contributed by atoms with Gasteiger partial charge in [-0.15, -0.1) is 12.4 Å². The normalized spacial score (nSPS) is 10.6. The van der Waals surface area contributed by atoms with Crippen LogP contribution in [0, 0.1) is 6.92 Å². The van der Waals surface area contributed by atoms with Gasteiger partial charge in [-0.2, -0.15) is 0 Å². The largest absolute Gasteiger partial charge is 0.398 e. The summed E-state index contributed by atoms with van der Waals surface area (Å²) in [4.78, 5) is 0.308. The maximum Gasteiger partial charge on any atom is 0.175 e. The maximum atomic E-state index is 11.2. The lowest BCUT2D eigenvalue weighted by molar-refractivity contribution is 0.601. The van der Waals surface area contributed by atoms with Crippen LogP contribution in [0.25, 0.3) is 0 Å². The summed E-state index contributed by atoms with van der Waals surface area (Å²) < 4.78 is 22.3. The molecule has 0 fully saturated rings. The summed E-state index contributed by atoms with van der Waals surface area (Å²) in [5.41, 5.74) is 6.69. The molecule has 0 aliphatic carbocycles. The van der Waals surface area contributed by atoms with Crippen molar-refractivity contribution in [3.63, 3.8) is 0 Å². The lowest BCUT2D eigenvalue weighted by Crippen LogP contribution is -2.02. The van der Waals surface area contributed by atoms with Crippen LogP contribution in [0.4, 0.5) is 5.69 Å². The van der Waals surface area contributed by atoms with E-state index in [1.165, 1.54) is 6.26 Å². The summed E-state index contributed by atoms with van der Waals surface area (Å²) in [5, 5.41) is 0. The zero-order valence-corrected chi connectivity index (χ0v) is 9.08. The number of halogens is 1. The number of hydrogen-bond acceptors (Lipinski definition) is 3. The Morgan fingerprint density at radius 2 is 1.85 bits per heavy atom. The van der Waals surface area contributed by atoms with E-state index in [0.717, 1.165) is 0 Å².